The predicted molar refractivity (Wildman–Crippen MR) is 78.9 cm³/mol. The van der Waals surface area contributed by atoms with Gasteiger partial charge in [-0.15, -0.1) is 0 Å². The maximum absolute atomic E-state index is 11.4. The Morgan fingerprint density at radius 3 is 3.00 bits per heavy atom. The van der Waals surface area contributed by atoms with Crippen LogP contribution in [0.15, 0.2) is 34.7 Å². The number of fused-ring (bicyclic) bond motifs is 2. The predicted octanol–water partition coefficient (Wildman–Crippen LogP) is 1.41. The van der Waals surface area contributed by atoms with Gasteiger partial charge in [-0.3, -0.25) is 0 Å². The number of aromatic nitrogens is 6. The Hall–Kier alpha value is -2.36. The molecule has 0 unspecified atom stereocenters. The standard InChI is InChI=1S/C11H5N7O2SSe/c19-18(20)9-6(2-1-5-7(9)17-22-16-5)21-11-8-10(13-3-12-8)14-4-15-11/h1-4H,(H,12,13,14,15). The van der Waals surface area contributed by atoms with E-state index in [1.807, 2.05) is 0 Å². The molecule has 0 saturated carbocycles. The molecule has 3 aromatic heterocycles. The molecule has 0 saturated heterocycles. The molecule has 1 N–H and O–H groups in total. The average Bonchev–Trinajstić information content (AvgIpc) is 3.15. The Balaban J connectivity index is 1.89. The van der Waals surface area contributed by atoms with E-state index < -0.39 is 4.92 Å². The van der Waals surface area contributed by atoms with E-state index in [0.29, 0.717) is 32.1 Å². The van der Waals surface area contributed by atoms with Gasteiger partial charge in [0.2, 0.25) is 0 Å². The first-order chi connectivity index (χ1) is 10.7. The number of aromatic amines is 1. The zero-order chi connectivity index (χ0) is 15.1. The average molecular weight is 378 g/mol. The zero-order valence-corrected chi connectivity index (χ0v) is 13.2. The zero-order valence-electron chi connectivity index (χ0n) is 10.6. The molecule has 0 amide bonds. The van der Waals surface area contributed by atoms with E-state index in [4.69, 9.17) is 0 Å². The normalized spacial score (nSPS) is 11.3. The Kier molecular flexibility index (Phi) is 3.10. The van der Waals surface area contributed by atoms with Gasteiger partial charge in [0.05, 0.1) is 0 Å². The molecule has 11 heteroatoms. The summed E-state index contributed by atoms with van der Waals surface area (Å²) in [6.45, 7) is 0. The first-order valence-electron chi connectivity index (χ1n) is 5.95. The summed E-state index contributed by atoms with van der Waals surface area (Å²) in [5, 5.41) is 12.0. The van der Waals surface area contributed by atoms with Crippen molar-refractivity contribution in [2.45, 2.75) is 9.92 Å². The van der Waals surface area contributed by atoms with Crippen molar-refractivity contribution < 1.29 is 4.92 Å². The van der Waals surface area contributed by atoms with Crippen molar-refractivity contribution in [3.63, 3.8) is 0 Å². The third kappa shape index (κ3) is 2.06. The van der Waals surface area contributed by atoms with Crippen molar-refractivity contribution in [2.24, 2.45) is 0 Å². The molecule has 0 spiro atoms. The molecule has 0 aliphatic carbocycles. The third-order valence-electron chi connectivity index (χ3n) is 2.94. The number of imidazole rings is 1. The Morgan fingerprint density at radius 2 is 2.14 bits per heavy atom. The molecule has 9 nitrogen and oxygen atoms in total. The quantitative estimate of drug-likeness (QED) is 0.246. The first-order valence-corrected chi connectivity index (χ1v) is 8.30. The maximum atomic E-state index is 11.4. The van der Waals surface area contributed by atoms with Gasteiger partial charge >= 0.3 is 132 Å². The number of benzene rings is 1. The van der Waals surface area contributed by atoms with E-state index in [-0.39, 0.29) is 20.6 Å². The molecule has 108 valence electrons. The third-order valence-corrected chi connectivity index (χ3v) is 5.13. The Morgan fingerprint density at radius 1 is 1.23 bits per heavy atom. The van der Waals surface area contributed by atoms with Crippen LogP contribution in [0.25, 0.3) is 22.2 Å². The topological polar surface area (TPSA) is 123 Å². The van der Waals surface area contributed by atoms with E-state index in [0.717, 1.165) is 0 Å². The number of hydrogen-bond acceptors (Lipinski definition) is 8. The van der Waals surface area contributed by atoms with Crippen LogP contribution in [-0.4, -0.2) is 47.8 Å². The summed E-state index contributed by atoms with van der Waals surface area (Å²) < 4.78 is 8.34. The van der Waals surface area contributed by atoms with Gasteiger partial charge in [-0.25, -0.2) is 0 Å². The van der Waals surface area contributed by atoms with Crippen LogP contribution < -0.4 is 0 Å². The molecule has 22 heavy (non-hydrogen) atoms. The van der Waals surface area contributed by atoms with Crippen LogP contribution in [0.5, 0.6) is 0 Å². The fraction of sp³-hybridized carbons (Fsp3) is 0. The summed E-state index contributed by atoms with van der Waals surface area (Å²) in [5.41, 5.74) is 2.06. The summed E-state index contributed by atoms with van der Waals surface area (Å²) in [6, 6.07) is 3.42. The van der Waals surface area contributed by atoms with Crippen LogP contribution >= 0.6 is 11.8 Å². The molecule has 3 heterocycles. The molecule has 1 aromatic carbocycles. The van der Waals surface area contributed by atoms with Gasteiger partial charge in [-0.1, -0.05) is 0 Å². The summed E-state index contributed by atoms with van der Waals surface area (Å²) in [6.07, 6.45) is 2.89. The second-order valence-corrected chi connectivity index (χ2v) is 6.32. The molecule has 0 atom stereocenters. The molecular weight excluding hydrogens is 373 g/mol. The molecule has 4 aromatic rings. The Bertz CT molecular complexity index is 1010. The van der Waals surface area contributed by atoms with Gasteiger partial charge in [0.1, 0.15) is 0 Å². The summed E-state index contributed by atoms with van der Waals surface area (Å²) in [4.78, 5) is 26.7. The molecule has 0 aliphatic rings. The van der Waals surface area contributed by atoms with Crippen molar-refractivity contribution >= 4 is 54.6 Å². The number of nitro benzene ring substituents is 1. The van der Waals surface area contributed by atoms with Gasteiger partial charge in [0, 0.05) is 0 Å². The van der Waals surface area contributed by atoms with Crippen molar-refractivity contribution in [3.8, 4) is 0 Å². The molecule has 0 radical (unpaired) electrons. The van der Waals surface area contributed by atoms with Crippen LogP contribution in [-0.2, 0) is 0 Å². The number of nitro groups is 1. The molecule has 4 rings (SSSR count). The second kappa shape index (κ2) is 5.13. The van der Waals surface area contributed by atoms with E-state index >= 15 is 0 Å². The summed E-state index contributed by atoms with van der Waals surface area (Å²) >= 11 is 0.866. The molecule has 0 bridgehead atoms. The fourth-order valence-electron chi connectivity index (χ4n) is 2.00. The van der Waals surface area contributed by atoms with Crippen molar-refractivity contribution in [1.29, 1.82) is 0 Å². The van der Waals surface area contributed by atoms with Gasteiger partial charge in [-0.2, -0.15) is 0 Å². The van der Waals surface area contributed by atoms with E-state index in [2.05, 4.69) is 27.9 Å². The van der Waals surface area contributed by atoms with Crippen molar-refractivity contribution in [2.75, 3.05) is 0 Å². The number of nitrogens with one attached hydrogen (secondary N) is 1. The van der Waals surface area contributed by atoms with Gasteiger partial charge in [0.15, 0.2) is 0 Å². The van der Waals surface area contributed by atoms with Gasteiger partial charge in [-0.05, 0) is 0 Å². The van der Waals surface area contributed by atoms with Crippen LogP contribution in [0, 0.1) is 10.1 Å². The molecule has 0 aliphatic heterocycles. The fourth-order valence-corrected chi connectivity index (χ4v) is 4.10. The Labute approximate surface area is 132 Å². The van der Waals surface area contributed by atoms with Crippen molar-refractivity contribution in [3.05, 3.63) is 34.9 Å². The monoisotopic (exact) mass is 379 g/mol. The first kappa shape index (κ1) is 13.3. The minimum atomic E-state index is -0.424. The van der Waals surface area contributed by atoms with E-state index in [9.17, 15) is 10.1 Å². The van der Waals surface area contributed by atoms with Gasteiger partial charge < -0.3 is 0 Å². The number of rotatable bonds is 3. The van der Waals surface area contributed by atoms with Crippen LogP contribution in [0.2, 0.25) is 0 Å². The molecule has 0 fully saturated rings. The van der Waals surface area contributed by atoms with E-state index in [1.165, 1.54) is 24.4 Å². The van der Waals surface area contributed by atoms with E-state index in [1.54, 1.807) is 12.1 Å². The van der Waals surface area contributed by atoms with Crippen molar-refractivity contribution in [1.82, 2.24) is 27.9 Å². The van der Waals surface area contributed by atoms with Crippen LogP contribution in [0.4, 0.5) is 5.69 Å². The number of nitrogens with zero attached hydrogens (tertiary/aromatic N) is 6. The minimum absolute atomic E-state index is 0.0306. The van der Waals surface area contributed by atoms with Crippen LogP contribution in [0.3, 0.4) is 0 Å². The number of hydrogen-bond donors (Lipinski definition) is 1. The molecular formula is C11H5N7O2SSe. The summed E-state index contributed by atoms with van der Waals surface area (Å²) in [5.74, 6) is 0. The number of H-pyrrole nitrogens is 1. The second-order valence-electron chi connectivity index (χ2n) is 4.18. The van der Waals surface area contributed by atoms with Crippen LogP contribution in [0.1, 0.15) is 0 Å². The SMILES string of the molecule is O=[N+]([O-])c1c(Sc2ncnc3nc[nH]c23)ccc2n[se]nc12. The van der Waals surface area contributed by atoms with Gasteiger partial charge in [0.25, 0.3) is 0 Å². The summed E-state index contributed by atoms with van der Waals surface area (Å²) in [7, 11) is 0.